The molecule has 0 fully saturated rings. The molecule has 2 rings (SSSR count). The van der Waals surface area contributed by atoms with Crippen LogP contribution in [0.4, 0.5) is 5.69 Å². The van der Waals surface area contributed by atoms with Crippen molar-refractivity contribution in [3.05, 3.63) is 69.8 Å². The van der Waals surface area contributed by atoms with Gasteiger partial charge in [-0.2, -0.15) is 0 Å². The van der Waals surface area contributed by atoms with Gasteiger partial charge >= 0.3 is 0 Å². The first-order valence-corrected chi connectivity index (χ1v) is 8.06. The predicted molar refractivity (Wildman–Crippen MR) is 96.1 cm³/mol. The fourth-order valence-electron chi connectivity index (χ4n) is 2.34. The van der Waals surface area contributed by atoms with Crippen molar-refractivity contribution in [3.8, 4) is 5.75 Å². The van der Waals surface area contributed by atoms with E-state index in [4.69, 9.17) is 4.74 Å². The number of carbonyl (C=O) groups excluding carboxylic acids is 2. The van der Waals surface area contributed by atoms with Crippen LogP contribution in [0.5, 0.6) is 5.75 Å². The number of rotatable bonds is 7. The maximum atomic E-state index is 13.0. The van der Waals surface area contributed by atoms with Gasteiger partial charge in [-0.1, -0.05) is 38.1 Å². The first kappa shape index (κ1) is 19.1. The third-order valence-electron chi connectivity index (χ3n) is 3.86. The molecule has 0 unspecified atom stereocenters. The number of ketones is 1. The fourth-order valence-corrected chi connectivity index (χ4v) is 2.34. The maximum absolute atomic E-state index is 13.0. The number of nitrogens with one attached hydrogen (secondary N) is 1. The number of methoxy groups -OCH3 is 1. The highest BCUT2D eigenvalue weighted by Crippen LogP contribution is 2.24. The molecule has 0 aliphatic carbocycles. The Labute approximate surface area is 151 Å². The van der Waals surface area contributed by atoms with E-state index in [1.807, 2.05) is 0 Å². The van der Waals surface area contributed by atoms with Crippen molar-refractivity contribution in [2.75, 3.05) is 7.11 Å². The van der Waals surface area contributed by atoms with Gasteiger partial charge in [0.2, 0.25) is 5.91 Å². The number of benzene rings is 2. The molecule has 0 saturated heterocycles. The van der Waals surface area contributed by atoms with Crippen LogP contribution in [0.2, 0.25) is 0 Å². The number of hydrogen-bond donors (Lipinski definition) is 1. The normalized spacial score (nSPS) is 11.7. The predicted octanol–water partition coefficient (Wildman–Crippen LogP) is 3.30. The van der Waals surface area contributed by atoms with Crippen LogP contribution in [0.15, 0.2) is 48.5 Å². The van der Waals surface area contributed by atoms with Gasteiger partial charge in [-0.15, -0.1) is 0 Å². The van der Waals surface area contributed by atoms with Crippen LogP contribution in [-0.4, -0.2) is 23.7 Å². The summed E-state index contributed by atoms with van der Waals surface area (Å²) in [6.07, 6.45) is 0. The Kier molecular flexibility index (Phi) is 6.06. The van der Waals surface area contributed by atoms with Crippen molar-refractivity contribution in [1.29, 1.82) is 0 Å². The van der Waals surface area contributed by atoms with Gasteiger partial charge in [0.25, 0.3) is 5.69 Å². The molecule has 0 saturated carbocycles. The lowest BCUT2D eigenvalue weighted by atomic mass is 9.96. The van der Waals surface area contributed by atoms with Gasteiger partial charge in [-0.05, 0) is 17.7 Å². The van der Waals surface area contributed by atoms with Crippen LogP contribution in [0.1, 0.15) is 35.8 Å². The molecule has 26 heavy (non-hydrogen) atoms. The molecule has 1 amide bonds. The Morgan fingerprint density at radius 1 is 1.12 bits per heavy atom. The number of hydrogen-bond acceptors (Lipinski definition) is 5. The lowest BCUT2D eigenvalue weighted by Gasteiger charge is -2.20. The van der Waals surface area contributed by atoms with Crippen LogP contribution in [0, 0.1) is 16.0 Å². The SMILES string of the molecule is COc1ccc([C@H](NC(=O)C(C)C)C(=O)c2cccc([N+](=O)[O-])c2)cc1. The van der Waals surface area contributed by atoms with Gasteiger partial charge in [0, 0.05) is 23.6 Å². The summed E-state index contributed by atoms with van der Waals surface area (Å²) in [4.78, 5) is 35.5. The Hall–Kier alpha value is -3.22. The van der Waals surface area contributed by atoms with E-state index in [1.54, 1.807) is 38.1 Å². The van der Waals surface area contributed by atoms with Gasteiger partial charge in [-0.3, -0.25) is 19.7 Å². The van der Waals surface area contributed by atoms with Crippen molar-refractivity contribution in [3.63, 3.8) is 0 Å². The second-order valence-corrected chi connectivity index (χ2v) is 6.04. The van der Waals surface area contributed by atoms with Crippen LogP contribution in [0.25, 0.3) is 0 Å². The highest BCUT2D eigenvalue weighted by atomic mass is 16.6. The molecule has 0 heterocycles. The lowest BCUT2D eigenvalue weighted by Crippen LogP contribution is -2.36. The molecule has 0 radical (unpaired) electrons. The molecule has 2 aromatic carbocycles. The van der Waals surface area contributed by atoms with E-state index in [1.165, 1.54) is 31.4 Å². The van der Waals surface area contributed by atoms with Crippen molar-refractivity contribution in [2.45, 2.75) is 19.9 Å². The van der Waals surface area contributed by atoms with E-state index < -0.39 is 16.7 Å². The number of nitro benzene ring substituents is 1. The summed E-state index contributed by atoms with van der Waals surface area (Å²) in [6, 6.07) is 11.2. The average Bonchev–Trinajstić information content (AvgIpc) is 2.65. The Morgan fingerprint density at radius 3 is 2.31 bits per heavy atom. The van der Waals surface area contributed by atoms with Crippen LogP contribution in [0.3, 0.4) is 0 Å². The summed E-state index contributed by atoms with van der Waals surface area (Å²) >= 11 is 0. The quantitative estimate of drug-likeness (QED) is 0.466. The Morgan fingerprint density at radius 2 is 1.77 bits per heavy atom. The summed E-state index contributed by atoms with van der Waals surface area (Å²) < 4.78 is 5.11. The smallest absolute Gasteiger partial charge is 0.270 e. The summed E-state index contributed by atoms with van der Waals surface area (Å²) in [6.45, 7) is 3.44. The van der Waals surface area contributed by atoms with E-state index in [0.29, 0.717) is 11.3 Å². The molecular weight excluding hydrogens is 336 g/mol. The summed E-state index contributed by atoms with van der Waals surface area (Å²) in [5.74, 6) is -0.406. The number of amides is 1. The van der Waals surface area contributed by atoms with Gasteiger partial charge in [-0.25, -0.2) is 0 Å². The fraction of sp³-hybridized carbons (Fsp3) is 0.263. The molecule has 1 atom stereocenters. The monoisotopic (exact) mass is 356 g/mol. The summed E-state index contributed by atoms with van der Waals surface area (Å²) in [5.41, 5.74) is 0.542. The van der Waals surface area contributed by atoms with Crippen LogP contribution >= 0.6 is 0 Å². The number of nitrogens with zero attached hydrogens (tertiary/aromatic N) is 1. The molecule has 0 aromatic heterocycles. The maximum Gasteiger partial charge on any atom is 0.270 e. The molecule has 0 spiro atoms. The summed E-state index contributed by atoms with van der Waals surface area (Å²) in [7, 11) is 1.53. The Bertz CT molecular complexity index is 815. The highest BCUT2D eigenvalue weighted by molar-refractivity contribution is 6.03. The number of Topliss-reactive ketones (excluding diaryl/α,β-unsaturated/α-hetero) is 1. The van der Waals surface area contributed by atoms with Crippen molar-refractivity contribution in [2.24, 2.45) is 5.92 Å². The van der Waals surface area contributed by atoms with Gasteiger partial charge < -0.3 is 10.1 Å². The minimum atomic E-state index is -0.946. The van der Waals surface area contributed by atoms with Gasteiger partial charge in [0.1, 0.15) is 11.8 Å². The zero-order valence-corrected chi connectivity index (χ0v) is 14.8. The molecular formula is C19H20N2O5. The standard InChI is InChI=1S/C19H20N2O5/c1-12(2)19(23)20-17(13-7-9-16(26-3)10-8-13)18(22)14-5-4-6-15(11-14)21(24)25/h4-12,17H,1-3H3,(H,20,23)/t17-/m0/s1. The molecule has 2 aromatic rings. The minimum absolute atomic E-state index is 0.157. The molecule has 136 valence electrons. The minimum Gasteiger partial charge on any atom is -0.497 e. The first-order chi connectivity index (χ1) is 12.3. The third kappa shape index (κ3) is 4.44. The number of non-ortho nitro benzene ring substituents is 1. The molecule has 0 aliphatic rings. The topological polar surface area (TPSA) is 98.5 Å². The van der Waals surface area contributed by atoms with Gasteiger partial charge in [0.15, 0.2) is 5.78 Å². The largest absolute Gasteiger partial charge is 0.497 e. The van der Waals surface area contributed by atoms with Gasteiger partial charge in [0.05, 0.1) is 12.0 Å². The van der Waals surface area contributed by atoms with Crippen molar-refractivity contribution < 1.29 is 19.2 Å². The first-order valence-electron chi connectivity index (χ1n) is 8.06. The van der Waals surface area contributed by atoms with Crippen LogP contribution in [-0.2, 0) is 4.79 Å². The average molecular weight is 356 g/mol. The molecule has 1 N–H and O–H groups in total. The van der Waals surface area contributed by atoms with E-state index in [-0.39, 0.29) is 23.1 Å². The lowest BCUT2D eigenvalue weighted by molar-refractivity contribution is -0.384. The number of ether oxygens (including phenoxy) is 1. The highest BCUT2D eigenvalue weighted by Gasteiger charge is 2.26. The molecule has 7 heteroatoms. The molecule has 0 bridgehead atoms. The number of carbonyl (C=O) groups is 2. The van der Waals surface area contributed by atoms with E-state index in [0.717, 1.165) is 0 Å². The van der Waals surface area contributed by atoms with E-state index in [9.17, 15) is 19.7 Å². The second-order valence-electron chi connectivity index (χ2n) is 6.04. The molecule has 7 nitrogen and oxygen atoms in total. The van der Waals surface area contributed by atoms with E-state index >= 15 is 0 Å². The third-order valence-corrected chi connectivity index (χ3v) is 3.86. The zero-order valence-electron chi connectivity index (χ0n) is 14.8. The van der Waals surface area contributed by atoms with Crippen molar-refractivity contribution in [1.82, 2.24) is 5.32 Å². The second kappa shape index (κ2) is 8.24. The Balaban J connectivity index is 2.41. The van der Waals surface area contributed by atoms with Crippen molar-refractivity contribution >= 4 is 17.4 Å². The summed E-state index contributed by atoms with van der Waals surface area (Å²) in [5, 5.41) is 13.7. The van der Waals surface area contributed by atoms with E-state index in [2.05, 4.69) is 5.32 Å². The van der Waals surface area contributed by atoms with Crippen LogP contribution < -0.4 is 10.1 Å². The number of nitro groups is 1. The molecule has 0 aliphatic heterocycles. The zero-order chi connectivity index (χ0) is 19.3.